The number of aliphatic hydroxyl groups excluding tert-OH is 2. The number of carboxylic acid groups (broad SMARTS) is 1. The van der Waals surface area contributed by atoms with Crippen molar-refractivity contribution < 1.29 is 20.1 Å². The first-order valence-corrected chi connectivity index (χ1v) is 2.37. The topological polar surface area (TPSA) is 77.8 Å². The molecule has 1 atom stereocenters. The lowest BCUT2D eigenvalue weighted by atomic mass is 10.3. The predicted octanol–water partition coefficient (Wildman–Crippen LogP) is -1.02. The van der Waals surface area contributed by atoms with Gasteiger partial charge >= 0.3 is 5.97 Å². The van der Waals surface area contributed by atoms with Crippen LogP contribution in [0.2, 0.25) is 0 Å². The highest BCUT2D eigenvalue weighted by Crippen LogP contribution is 1.83. The van der Waals surface area contributed by atoms with Crippen molar-refractivity contribution in [2.45, 2.75) is 6.10 Å². The summed E-state index contributed by atoms with van der Waals surface area (Å²) in [6, 6.07) is 0. The maximum absolute atomic E-state index is 9.82. The van der Waals surface area contributed by atoms with Crippen LogP contribution in [0.25, 0.3) is 0 Å². The number of aliphatic carboxylic acids is 1. The highest BCUT2D eigenvalue weighted by Gasteiger charge is 2.06. The van der Waals surface area contributed by atoms with Crippen LogP contribution in [0, 0.1) is 0 Å². The third-order valence-electron chi connectivity index (χ3n) is 0.677. The van der Waals surface area contributed by atoms with E-state index >= 15 is 0 Å². The Balaban J connectivity index is 3.62. The van der Waals surface area contributed by atoms with Gasteiger partial charge in [0.05, 0.1) is 6.61 Å². The van der Waals surface area contributed by atoms with Gasteiger partial charge in [-0.25, -0.2) is 4.79 Å². The van der Waals surface area contributed by atoms with Crippen LogP contribution in [-0.2, 0) is 4.79 Å². The smallest absolute Gasteiger partial charge is 0.336 e. The monoisotopic (exact) mass is 132 g/mol. The molecule has 4 heteroatoms. The van der Waals surface area contributed by atoms with E-state index in [0.29, 0.717) is 0 Å². The Kier molecular flexibility index (Phi) is 3.66. The van der Waals surface area contributed by atoms with Crippen LogP contribution >= 0.6 is 0 Å². The highest BCUT2D eigenvalue weighted by molar-refractivity contribution is 5.74. The normalized spacial score (nSPS) is 14.0. The van der Waals surface area contributed by atoms with E-state index in [1.807, 2.05) is 0 Å². The summed E-state index contributed by atoms with van der Waals surface area (Å²) < 4.78 is 0. The Morgan fingerprint density at radius 2 is 2.22 bits per heavy atom. The van der Waals surface area contributed by atoms with Crippen LogP contribution in [0.3, 0.4) is 0 Å². The van der Waals surface area contributed by atoms with Crippen LogP contribution in [-0.4, -0.2) is 34.0 Å². The van der Waals surface area contributed by atoms with Gasteiger partial charge in [-0.1, -0.05) is 6.08 Å². The lowest BCUT2D eigenvalue weighted by Crippen LogP contribution is -2.16. The van der Waals surface area contributed by atoms with Crippen molar-refractivity contribution in [1.29, 1.82) is 0 Å². The van der Waals surface area contributed by atoms with E-state index in [1.54, 1.807) is 0 Å². The van der Waals surface area contributed by atoms with E-state index in [0.717, 1.165) is 6.08 Å². The Hall–Kier alpha value is -0.870. The average molecular weight is 132 g/mol. The standard InChI is InChI=1S/C5H8O4/c6-3-1-2-4(7)5(8)9/h1-2,4,6-7H,3H2,(H,8,9). The first-order chi connectivity index (χ1) is 4.18. The van der Waals surface area contributed by atoms with Gasteiger partial charge in [0, 0.05) is 0 Å². The molecule has 0 bridgehead atoms. The zero-order chi connectivity index (χ0) is 7.28. The molecule has 0 fully saturated rings. The quantitative estimate of drug-likeness (QED) is 0.429. The van der Waals surface area contributed by atoms with Crippen LogP contribution in [0.5, 0.6) is 0 Å². The lowest BCUT2D eigenvalue weighted by molar-refractivity contribution is -0.144. The summed E-state index contributed by atoms with van der Waals surface area (Å²) in [6.07, 6.45) is 0.665. The summed E-state index contributed by atoms with van der Waals surface area (Å²) in [5, 5.41) is 24.6. The zero-order valence-corrected chi connectivity index (χ0v) is 4.69. The van der Waals surface area contributed by atoms with Crippen molar-refractivity contribution in [2.75, 3.05) is 6.61 Å². The van der Waals surface area contributed by atoms with Crippen LogP contribution in [0.15, 0.2) is 12.2 Å². The third kappa shape index (κ3) is 3.69. The lowest BCUT2D eigenvalue weighted by Gasteiger charge is -1.94. The molecule has 0 amide bonds. The molecule has 0 spiro atoms. The van der Waals surface area contributed by atoms with Crippen molar-refractivity contribution in [1.82, 2.24) is 0 Å². The molecule has 0 heterocycles. The maximum atomic E-state index is 9.82. The van der Waals surface area contributed by atoms with Gasteiger partial charge in [0.2, 0.25) is 0 Å². The second-order valence-corrected chi connectivity index (χ2v) is 1.39. The van der Waals surface area contributed by atoms with E-state index in [-0.39, 0.29) is 6.61 Å². The largest absolute Gasteiger partial charge is 0.479 e. The summed E-state index contributed by atoms with van der Waals surface area (Å²) >= 11 is 0. The fourth-order valence-electron chi connectivity index (χ4n) is 0.272. The van der Waals surface area contributed by atoms with Gasteiger partial charge in [-0.3, -0.25) is 0 Å². The molecule has 1 unspecified atom stereocenters. The zero-order valence-electron chi connectivity index (χ0n) is 4.69. The van der Waals surface area contributed by atoms with Gasteiger partial charge < -0.3 is 15.3 Å². The molecule has 3 N–H and O–H groups in total. The Bertz CT molecular complexity index is 118. The molecular formula is C5H8O4. The summed E-state index contributed by atoms with van der Waals surface area (Å²) in [4.78, 5) is 9.82. The van der Waals surface area contributed by atoms with Gasteiger partial charge in [-0.2, -0.15) is 0 Å². The molecule has 0 aromatic heterocycles. The molecule has 0 rings (SSSR count). The van der Waals surface area contributed by atoms with Crippen molar-refractivity contribution in [2.24, 2.45) is 0 Å². The summed E-state index contributed by atoms with van der Waals surface area (Å²) in [5.74, 6) is -1.32. The van der Waals surface area contributed by atoms with Crippen LogP contribution in [0.1, 0.15) is 0 Å². The first kappa shape index (κ1) is 8.13. The minimum atomic E-state index is -1.50. The molecule has 0 radical (unpaired) electrons. The molecule has 9 heavy (non-hydrogen) atoms. The van der Waals surface area contributed by atoms with Crippen molar-refractivity contribution >= 4 is 5.97 Å². The van der Waals surface area contributed by atoms with Gasteiger partial charge in [-0.15, -0.1) is 0 Å². The molecule has 0 aliphatic carbocycles. The predicted molar refractivity (Wildman–Crippen MR) is 29.9 cm³/mol. The number of hydrogen-bond acceptors (Lipinski definition) is 3. The number of carboxylic acids is 1. The van der Waals surface area contributed by atoms with Crippen molar-refractivity contribution in [3.63, 3.8) is 0 Å². The second kappa shape index (κ2) is 4.05. The molecule has 52 valence electrons. The molecule has 0 aliphatic heterocycles. The van der Waals surface area contributed by atoms with E-state index in [9.17, 15) is 4.79 Å². The highest BCUT2D eigenvalue weighted by atomic mass is 16.4. The first-order valence-electron chi connectivity index (χ1n) is 2.37. The minimum Gasteiger partial charge on any atom is -0.479 e. The molecule has 0 saturated carbocycles. The molecule has 0 aromatic rings. The number of carbonyl (C=O) groups is 1. The second-order valence-electron chi connectivity index (χ2n) is 1.39. The number of rotatable bonds is 3. The number of aliphatic hydroxyl groups is 2. The summed E-state index contributed by atoms with van der Waals surface area (Å²) in [5.41, 5.74) is 0. The molecule has 4 nitrogen and oxygen atoms in total. The Morgan fingerprint density at radius 1 is 1.67 bits per heavy atom. The summed E-state index contributed by atoms with van der Waals surface area (Å²) in [6.45, 7) is -0.260. The molecule has 0 aliphatic rings. The average Bonchev–Trinajstić information content (AvgIpc) is 1.82. The summed E-state index contributed by atoms with van der Waals surface area (Å²) in [7, 11) is 0. The van der Waals surface area contributed by atoms with Gasteiger partial charge in [0.25, 0.3) is 0 Å². The Morgan fingerprint density at radius 3 is 2.56 bits per heavy atom. The van der Waals surface area contributed by atoms with Gasteiger partial charge in [-0.05, 0) is 6.08 Å². The fraction of sp³-hybridized carbons (Fsp3) is 0.400. The number of hydrogen-bond donors (Lipinski definition) is 3. The van der Waals surface area contributed by atoms with Crippen LogP contribution < -0.4 is 0 Å². The van der Waals surface area contributed by atoms with Crippen molar-refractivity contribution in [3.8, 4) is 0 Å². The van der Waals surface area contributed by atoms with Gasteiger partial charge in [0.1, 0.15) is 0 Å². The van der Waals surface area contributed by atoms with E-state index < -0.39 is 12.1 Å². The van der Waals surface area contributed by atoms with Gasteiger partial charge in [0.15, 0.2) is 6.10 Å². The molecular weight excluding hydrogens is 124 g/mol. The van der Waals surface area contributed by atoms with Crippen LogP contribution in [0.4, 0.5) is 0 Å². The SMILES string of the molecule is O=C(O)C(O)C=CCO. The molecule has 0 saturated heterocycles. The molecule has 0 aromatic carbocycles. The van der Waals surface area contributed by atoms with E-state index in [1.165, 1.54) is 6.08 Å². The third-order valence-corrected chi connectivity index (χ3v) is 0.677. The minimum absolute atomic E-state index is 0.260. The Labute approximate surface area is 52.1 Å². The van der Waals surface area contributed by atoms with E-state index in [4.69, 9.17) is 15.3 Å². The van der Waals surface area contributed by atoms with Crippen molar-refractivity contribution in [3.05, 3.63) is 12.2 Å². The maximum Gasteiger partial charge on any atom is 0.336 e. The van der Waals surface area contributed by atoms with E-state index in [2.05, 4.69) is 0 Å². The fourth-order valence-corrected chi connectivity index (χ4v) is 0.272.